The van der Waals surface area contributed by atoms with Crippen LogP contribution in [0.25, 0.3) is 0 Å². The molecule has 1 N–H and O–H groups in total. The van der Waals surface area contributed by atoms with Crippen molar-refractivity contribution in [3.8, 4) is 0 Å². The van der Waals surface area contributed by atoms with E-state index < -0.39 is 5.60 Å². The number of β-amino-alcohol motifs (C(OH)–C–C–N with tert-alkyl or cyclic N) is 1. The topological polar surface area (TPSA) is 97.0 Å². The molecular formula is C17H24N6O2. The maximum absolute atomic E-state index is 12.9. The SMILES string of the molecule is CCc1nnc(C)cc1C(=O)N1CCC(O)(c2cn(C(C)C)nn2)C1. The summed E-state index contributed by atoms with van der Waals surface area (Å²) in [6, 6.07) is 1.93. The first-order valence-electron chi connectivity index (χ1n) is 8.61. The molecule has 0 aliphatic carbocycles. The minimum atomic E-state index is -1.16. The molecule has 0 radical (unpaired) electrons. The van der Waals surface area contributed by atoms with Gasteiger partial charge in [0, 0.05) is 19.0 Å². The van der Waals surface area contributed by atoms with Crippen molar-refractivity contribution in [1.82, 2.24) is 30.1 Å². The van der Waals surface area contributed by atoms with Gasteiger partial charge in [-0.25, -0.2) is 4.68 Å². The Bertz CT molecular complexity index is 787. The molecule has 8 heteroatoms. The first-order chi connectivity index (χ1) is 11.8. The summed E-state index contributed by atoms with van der Waals surface area (Å²) in [6.45, 7) is 8.42. The molecule has 3 heterocycles. The number of aryl methyl sites for hydroxylation is 2. The number of amides is 1. The molecule has 3 rings (SSSR count). The minimum absolute atomic E-state index is 0.123. The zero-order chi connectivity index (χ0) is 18.2. The highest BCUT2D eigenvalue weighted by Crippen LogP contribution is 2.32. The maximum atomic E-state index is 12.9. The number of aromatic nitrogens is 5. The fourth-order valence-electron chi connectivity index (χ4n) is 3.05. The summed E-state index contributed by atoms with van der Waals surface area (Å²) in [5.74, 6) is -0.123. The highest BCUT2D eigenvalue weighted by atomic mass is 16.3. The molecule has 25 heavy (non-hydrogen) atoms. The molecule has 1 amide bonds. The molecule has 1 aliphatic heterocycles. The van der Waals surface area contributed by atoms with Crippen LogP contribution in [0, 0.1) is 6.92 Å². The van der Waals surface area contributed by atoms with Crippen LogP contribution in [-0.4, -0.2) is 54.2 Å². The van der Waals surface area contributed by atoms with Crippen molar-refractivity contribution in [2.75, 3.05) is 13.1 Å². The number of rotatable bonds is 4. The van der Waals surface area contributed by atoms with Crippen molar-refractivity contribution in [3.05, 3.63) is 34.9 Å². The van der Waals surface area contributed by atoms with Crippen LogP contribution >= 0.6 is 0 Å². The Morgan fingerprint density at radius 2 is 2.12 bits per heavy atom. The normalized spacial score (nSPS) is 20.5. The summed E-state index contributed by atoms with van der Waals surface area (Å²) in [5, 5.41) is 27.3. The monoisotopic (exact) mass is 344 g/mol. The third-order valence-electron chi connectivity index (χ3n) is 4.61. The van der Waals surface area contributed by atoms with Crippen LogP contribution in [0.3, 0.4) is 0 Å². The van der Waals surface area contributed by atoms with Gasteiger partial charge in [-0.2, -0.15) is 10.2 Å². The second-order valence-electron chi connectivity index (χ2n) is 6.89. The second-order valence-corrected chi connectivity index (χ2v) is 6.89. The molecular weight excluding hydrogens is 320 g/mol. The lowest BCUT2D eigenvalue weighted by Gasteiger charge is -2.21. The van der Waals surface area contributed by atoms with Crippen LogP contribution < -0.4 is 0 Å². The predicted octanol–water partition coefficient (Wildman–Crippen LogP) is 1.25. The Balaban J connectivity index is 1.82. The van der Waals surface area contributed by atoms with Crippen LogP contribution in [0.15, 0.2) is 12.3 Å². The Hall–Kier alpha value is -2.35. The van der Waals surface area contributed by atoms with E-state index in [0.29, 0.717) is 42.0 Å². The van der Waals surface area contributed by atoms with E-state index in [1.54, 1.807) is 21.8 Å². The molecule has 2 aromatic heterocycles. The zero-order valence-electron chi connectivity index (χ0n) is 15.1. The molecule has 0 aromatic carbocycles. The average molecular weight is 344 g/mol. The Morgan fingerprint density at radius 1 is 1.36 bits per heavy atom. The van der Waals surface area contributed by atoms with Crippen LogP contribution in [0.4, 0.5) is 0 Å². The number of aliphatic hydroxyl groups is 1. The summed E-state index contributed by atoms with van der Waals surface area (Å²) in [4.78, 5) is 14.6. The molecule has 0 bridgehead atoms. The van der Waals surface area contributed by atoms with Crippen molar-refractivity contribution in [1.29, 1.82) is 0 Å². The summed E-state index contributed by atoms with van der Waals surface area (Å²) in [7, 11) is 0. The van der Waals surface area contributed by atoms with Gasteiger partial charge in [-0.15, -0.1) is 5.10 Å². The van der Waals surface area contributed by atoms with Crippen molar-refractivity contribution in [2.24, 2.45) is 0 Å². The van der Waals surface area contributed by atoms with Crippen LogP contribution in [0.1, 0.15) is 60.7 Å². The molecule has 8 nitrogen and oxygen atoms in total. The van der Waals surface area contributed by atoms with Gasteiger partial charge in [0.25, 0.3) is 5.91 Å². The highest BCUT2D eigenvalue weighted by Gasteiger charge is 2.42. The minimum Gasteiger partial charge on any atom is -0.381 e. The first-order valence-corrected chi connectivity index (χ1v) is 8.61. The third-order valence-corrected chi connectivity index (χ3v) is 4.61. The van der Waals surface area contributed by atoms with Crippen LogP contribution in [-0.2, 0) is 12.0 Å². The summed E-state index contributed by atoms with van der Waals surface area (Å²) in [6.07, 6.45) is 2.83. The molecule has 2 aromatic rings. The highest BCUT2D eigenvalue weighted by molar-refractivity contribution is 5.95. The summed E-state index contributed by atoms with van der Waals surface area (Å²) in [5.41, 5.74) is 1.29. The molecule has 1 unspecified atom stereocenters. The Kier molecular flexibility index (Phi) is 4.55. The number of likely N-dealkylation sites (tertiary alicyclic amines) is 1. The smallest absolute Gasteiger partial charge is 0.255 e. The fraction of sp³-hybridized carbons (Fsp3) is 0.588. The number of nitrogens with zero attached hydrogens (tertiary/aromatic N) is 6. The van der Waals surface area contributed by atoms with E-state index in [9.17, 15) is 9.90 Å². The summed E-state index contributed by atoms with van der Waals surface area (Å²) < 4.78 is 1.71. The zero-order valence-corrected chi connectivity index (χ0v) is 15.1. The second kappa shape index (κ2) is 6.51. The van der Waals surface area contributed by atoms with Gasteiger partial charge >= 0.3 is 0 Å². The summed E-state index contributed by atoms with van der Waals surface area (Å²) >= 11 is 0. The quantitative estimate of drug-likeness (QED) is 0.897. The van der Waals surface area contributed by atoms with Gasteiger partial charge in [0.15, 0.2) is 0 Å². The van der Waals surface area contributed by atoms with Crippen molar-refractivity contribution >= 4 is 5.91 Å². The first kappa shape index (κ1) is 17.5. The molecule has 1 saturated heterocycles. The number of hydrogen-bond donors (Lipinski definition) is 1. The Morgan fingerprint density at radius 3 is 2.76 bits per heavy atom. The largest absolute Gasteiger partial charge is 0.381 e. The van der Waals surface area contributed by atoms with E-state index in [-0.39, 0.29) is 18.5 Å². The molecule has 1 aliphatic rings. The van der Waals surface area contributed by atoms with E-state index in [4.69, 9.17) is 0 Å². The van der Waals surface area contributed by atoms with Crippen molar-refractivity contribution in [2.45, 2.75) is 52.2 Å². The number of carbonyl (C=O) groups excluding carboxylic acids is 1. The molecule has 0 saturated carbocycles. The number of carbonyl (C=O) groups is 1. The lowest BCUT2D eigenvalue weighted by molar-refractivity contribution is 0.0381. The van der Waals surface area contributed by atoms with Crippen LogP contribution in [0.2, 0.25) is 0 Å². The average Bonchev–Trinajstić information content (AvgIpc) is 3.22. The molecule has 134 valence electrons. The lowest BCUT2D eigenvalue weighted by Crippen LogP contribution is -2.35. The van der Waals surface area contributed by atoms with E-state index in [1.807, 2.05) is 27.7 Å². The van der Waals surface area contributed by atoms with E-state index >= 15 is 0 Å². The van der Waals surface area contributed by atoms with Crippen molar-refractivity contribution in [3.63, 3.8) is 0 Å². The van der Waals surface area contributed by atoms with Gasteiger partial charge in [0.05, 0.1) is 29.7 Å². The lowest BCUT2D eigenvalue weighted by atomic mass is 10.00. The molecule has 0 spiro atoms. The standard InChI is InChI=1S/C17H24N6O2/c1-5-14-13(8-12(4)18-19-14)16(24)22-7-6-17(25,10-22)15-9-23(11(2)3)21-20-15/h8-9,11,25H,5-7,10H2,1-4H3. The van der Waals surface area contributed by atoms with Gasteiger partial charge in [-0.3, -0.25) is 4.79 Å². The maximum Gasteiger partial charge on any atom is 0.255 e. The predicted molar refractivity (Wildman–Crippen MR) is 91.0 cm³/mol. The molecule has 1 fully saturated rings. The van der Waals surface area contributed by atoms with E-state index in [0.717, 1.165) is 0 Å². The van der Waals surface area contributed by atoms with E-state index in [1.165, 1.54) is 0 Å². The van der Waals surface area contributed by atoms with Crippen LogP contribution in [0.5, 0.6) is 0 Å². The van der Waals surface area contributed by atoms with Gasteiger partial charge in [-0.1, -0.05) is 12.1 Å². The van der Waals surface area contributed by atoms with Gasteiger partial charge in [0.2, 0.25) is 0 Å². The van der Waals surface area contributed by atoms with Gasteiger partial charge in [0.1, 0.15) is 11.3 Å². The van der Waals surface area contributed by atoms with Gasteiger partial charge in [-0.05, 0) is 33.3 Å². The van der Waals surface area contributed by atoms with Gasteiger partial charge < -0.3 is 10.0 Å². The third kappa shape index (κ3) is 3.26. The van der Waals surface area contributed by atoms with Crippen molar-refractivity contribution < 1.29 is 9.90 Å². The Labute approximate surface area is 146 Å². The molecule has 1 atom stereocenters. The van der Waals surface area contributed by atoms with E-state index in [2.05, 4.69) is 20.5 Å². The fourth-order valence-corrected chi connectivity index (χ4v) is 3.05. The number of hydrogen-bond acceptors (Lipinski definition) is 6.